The number of phosphoric ester groups is 1. The summed E-state index contributed by atoms with van der Waals surface area (Å²) in [5.41, 5.74) is 3.11. The van der Waals surface area contributed by atoms with Crippen molar-refractivity contribution in [3.63, 3.8) is 0 Å². The SMILES string of the molecule is CC1(O)C(O)C(COP(=O)(O)OP(=O)(O)OP(=O)(O)O)OC1n1cc(F)c(N)nc1=S. The molecule has 16 nitrogen and oxygen atoms in total. The number of hydrogen-bond donors (Lipinski definition) is 7. The summed E-state index contributed by atoms with van der Waals surface area (Å²) in [5.74, 6) is -1.57. The smallest absolute Gasteiger partial charge is 0.387 e. The highest BCUT2D eigenvalue weighted by atomic mass is 32.1. The first-order valence-corrected chi connectivity index (χ1v) is 12.7. The van der Waals surface area contributed by atoms with Crippen molar-refractivity contribution >= 4 is 41.5 Å². The van der Waals surface area contributed by atoms with Crippen LogP contribution in [0.3, 0.4) is 0 Å². The molecule has 0 aromatic carbocycles. The molecule has 2 heterocycles. The van der Waals surface area contributed by atoms with Crippen molar-refractivity contribution in [1.82, 2.24) is 9.55 Å². The number of ether oxygens (including phenoxy) is 1. The number of anilines is 1. The molecule has 1 aliphatic heterocycles. The molecular formula is C10H17FN3O13P3S. The van der Waals surface area contributed by atoms with Crippen LogP contribution < -0.4 is 5.73 Å². The molecule has 2 rings (SSSR count). The second-order valence-electron chi connectivity index (χ2n) is 6.25. The van der Waals surface area contributed by atoms with Crippen LogP contribution in [0.4, 0.5) is 10.2 Å². The van der Waals surface area contributed by atoms with E-state index in [-0.39, 0.29) is 4.77 Å². The summed E-state index contributed by atoms with van der Waals surface area (Å²) >= 11 is 4.90. The first-order valence-electron chi connectivity index (χ1n) is 7.73. The summed E-state index contributed by atoms with van der Waals surface area (Å²) in [6.07, 6.45) is -4.28. The van der Waals surface area contributed by atoms with Gasteiger partial charge < -0.3 is 40.3 Å². The Labute approximate surface area is 177 Å². The van der Waals surface area contributed by atoms with Crippen LogP contribution in [0.2, 0.25) is 0 Å². The first-order chi connectivity index (χ1) is 13.8. The van der Waals surface area contributed by atoms with Crippen LogP contribution in [0.15, 0.2) is 6.20 Å². The fourth-order valence-corrected chi connectivity index (χ4v) is 5.75. The highest BCUT2D eigenvalue weighted by molar-refractivity contribution is 7.71. The summed E-state index contributed by atoms with van der Waals surface area (Å²) in [4.78, 5) is 39.0. The van der Waals surface area contributed by atoms with Crippen molar-refractivity contribution in [2.45, 2.75) is 31.0 Å². The normalized spacial score (nSPS) is 30.6. The number of aromatic nitrogens is 2. The van der Waals surface area contributed by atoms with E-state index in [2.05, 4.69) is 18.1 Å². The van der Waals surface area contributed by atoms with Gasteiger partial charge in [-0.25, -0.2) is 18.1 Å². The predicted octanol–water partition coefficient (Wildman–Crippen LogP) is -0.314. The van der Waals surface area contributed by atoms with Gasteiger partial charge in [0.25, 0.3) is 0 Å². The van der Waals surface area contributed by atoms with E-state index in [1.54, 1.807) is 0 Å². The Morgan fingerprint density at radius 1 is 1.29 bits per heavy atom. The van der Waals surface area contributed by atoms with Crippen LogP contribution in [0.1, 0.15) is 13.2 Å². The molecule has 0 radical (unpaired) electrons. The number of nitrogens with two attached hydrogens (primary N) is 1. The molecule has 1 aromatic rings. The maximum atomic E-state index is 13.8. The number of aliphatic hydroxyl groups excluding tert-OH is 1. The van der Waals surface area contributed by atoms with Crippen LogP contribution in [0.25, 0.3) is 0 Å². The summed E-state index contributed by atoms with van der Waals surface area (Å²) in [5, 5.41) is 20.8. The lowest BCUT2D eigenvalue weighted by Crippen LogP contribution is -2.44. The van der Waals surface area contributed by atoms with Gasteiger partial charge >= 0.3 is 23.5 Å². The van der Waals surface area contributed by atoms with Gasteiger partial charge in [-0.1, -0.05) is 0 Å². The van der Waals surface area contributed by atoms with E-state index < -0.39 is 65.7 Å². The van der Waals surface area contributed by atoms with Crippen molar-refractivity contribution in [2.75, 3.05) is 12.3 Å². The van der Waals surface area contributed by atoms with E-state index in [1.165, 1.54) is 0 Å². The number of phosphoric acid groups is 3. The van der Waals surface area contributed by atoms with E-state index in [0.29, 0.717) is 0 Å². The molecule has 1 saturated heterocycles. The van der Waals surface area contributed by atoms with Gasteiger partial charge in [0.05, 0.1) is 6.61 Å². The Morgan fingerprint density at radius 2 is 1.87 bits per heavy atom. The van der Waals surface area contributed by atoms with Gasteiger partial charge in [0.1, 0.15) is 17.8 Å². The molecule has 1 aromatic heterocycles. The average Bonchev–Trinajstić information content (AvgIpc) is 2.76. The van der Waals surface area contributed by atoms with Gasteiger partial charge in [0.2, 0.25) is 4.77 Å². The minimum Gasteiger partial charge on any atom is -0.387 e. The molecule has 8 N–H and O–H groups in total. The zero-order valence-corrected chi connectivity index (χ0v) is 18.7. The van der Waals surface area contributed by atoms with Gasteiger partial charge in [-0.2, -0.15) is 13.6 Å². The Morgan fingerprint density at radius 3 is 2.42 bits per heavy atom. The van der Waals surface area contributed by atoms with Gasteiger partial charge in [-0.05, 0) is 19.1 Å². The predicted molar refractivity (Wildman–Crippen MR) is 97.8 cm³/mol. The average molecular weight is 531 g/mol. The van der Waals surface area contributed by atoms with Gasteiger partial charge in [-0.3, -0.25) is 9.09 Å². The fourth-order valence-electron chi connectivity index (χ4n) is 2.47. The van der Waals surface area contributed by atoms with Crippen LogP contribution in [-0.2, 0) is 31.6 Å². The quantitative estimate of drug-likeness (QED) is 0.168. The zero-order chi connectivity index (χ0) is 24.0. The second-order valence-corrected chi connectivity index (χ2v) is 11.0. The molecule has 21 heteroatoms. The van der Waals surface area contributed by atoms with Crippen LogP contribution in [0.5, 0.6) is 0 Å². The number of rotatable bonds is 8. The highest BCUT2D eigenvalue weighted by Crippen LogP contribution is 2.66. The van der Waals surface area contributed by atoms with Crippen LogP contribution in [0, 0.1) is 10.6 Å². The molecule has 6 atom stereocenters. The first kappa shape index (κ1) is 26.6. The van der Waals surface area contributed by atoms with E-state index in [4.69, 9.17) is 37.4 Å². The molecule has 0 amide bonds. The number of hydrogen-bond acceptors (Lipinski definition) is 12. The minimum absolute atomic E-state index is 0.343. The molecule has 1 aliphatic rings. The summed E-state index contributed by atoms with van der Waals surface area (Å²) in [6, 6.07) is 0. The van der Waals surface area contributed by atoms with E-state index >= 15 is 0 Å². The minimum atomic E-state index is -5.75. The molecule has 0 spiro atoms. The molecule has 0 aliphatic carbocycles. The summed E-state index contributed by atoms with van der Waals surface area (Å²) < 4.78 is 64.7. The van der Waals surface area contributed by atoms with Crippen molar-refractivity contribution in [1.29, 1.82) is 0 Å². The molecule has 0 saturated carbocycles. The Bertz CT molecular complexity index is 1050. The summed E-state index contributed by atoms with van der Waals surface area (Å²) in [6.45, 7) is -0.00108. The van der Waals surface area contributed by atoms with Crippen molar-refractivity contribution < 1.29 is 65.8 Å². The lowest BCUT2D eigenvalue weighted by atomic mass is 9.96. The third-order valence-electron chi connectivity index (χ3n) is 3.76. The van der Waals surface area contributed by atoms with E-state index in [1.807, 2.05) is 0 Å². The Balaban J connectivity index is 2.16. The molecule has 1 fully saturated rings. The van der Waals surface area contributed by atoms with Gasteiger partial charge in [-0.15, -0.1) is 0 Å². The third-order valence-corrected chi connectivity index (χ3v) is 7.86. The fraction of sp³-hybridized carbons (Fsp3) is 0.600. The molecule has 6 unspecified atom stereocenters. The molecule has 0 bridgehead atoms. The standard InChI is InChI=1S/C10H17FN3O13P3S/c1-10(16)6(15)5(25-8(10)14-2-4(11)7(12)13-9(14)31)3-24-29(20,21)27-30(22,23)26-28(17,18)19/h2,5-6,8,15-16H,3H2,1H3,(H,20,21)(H,22,23)(H2,12,13,31)(H2,17,18,19). The lowest BCUT2D eigenvalue weighted by molar-refractivity contribution is -0.0980. The van der Waals surface area contributed by atoms with Crippen LogP contribution >= 0.6 is 35.7 Å². The van der Waals surface area contributed by atoms with Crippen molar-refractivity contribution in [3.05, 3.63) is 16.8 Å². The van der Waals surface area contributed by atoms with Gasteiger partial charge in [0.15, 0.2) is 17.9 Å². The zero-order valence-electron chi connectivity index (χ0n) is 15.2. The lowest BCUT2D eigenvalue weighted by Gasteiger charge is -2.28. The molecule has 178 valence electrons. The van der Waals surface area contributed by atoms with E-state index in [9.17, 15) is 33.2 Å². The molecule has 31 heavy (non-hydrogen) atoms. The van der Waals surface area contributed by atoms with Crippen molar-refractivity contribution in [3.8, 4) is 0 Å². The third kappa shape index (κ3) is 6.66. The summed E-state index contributed by atoms with van der Waals surface area (Å²) in [7, 11) is -16.8. The van der Waals surface area contributed by atoms with Crippen LogP contribution in [-0.4, -0.2) is 63.8 Å². The maximum absolute atomic E-state index is 13.8. The van der Waals surface area contributed by atoms with E-state index in [0.717, 1.165) is 17.7 Å². The maximum Gasteiger partial charge on any atom is 0.490 e. The Hall–Kier alpha value is -0.680. The number of nitrogens with zero attached hydrogens (tertiary/aromatic N) is 2. The number of halogens is 1. The highest BCUT2D eigenvalue weighted by Gasteiger charge is 2.54. The van der Waals surface area contributed by atoms with Gasteiger partial charge in [0, 0.05) is 6.20 Å². The Kier molecular flexibility index (Phi) is 7.65. The number of nitrogen functional groups attached to an aromatic ring is 1. The largest absolute Gasteiger partial charge is 0.490 e. The topological polar surface area (TPSA) is 253 Å². The molecular weight excluding hydrogens is 514 g/mol. The van der Waals surface area contributed by atoms with Crippen molar-refractivity contribution in [2.24, 2.45) is 0 Å². The second kappa shape index (κ2) is 8.93. The monoisotopic (exact) mass is 531 g/mol. The number of aliphatic hydroxyl groups is 2.